The molecule has 2 aromatic carbocycles. The molecule has 0 aliphatic heterocycles. The number of benzene rings is 2. The Kier molecular flexibility index (Phi) is 9.24. The molecule has 0 spiro atoms. The van der Waals surface area contributed by atoms with Crippen LogP contribution in [0.5, 0.6) is 0 Å². The largest absolute Gasteiger partial charge is 0.354 e. The molecule has 228 valence electrons. The van der Waals surface area contributed by atoms with E-state index < -0.39 is 28.5 Å². The maximum Gasteiger partial charge on any atom is 0.244 e. The molecule has 9 heteroatoms. The van der Waals surface area contributed by atoms with Gasteiger partial charge in [0.05, 0.1) is 11.9 Å². The Balaban J connectivity index is 1.37. The van der Waals surface area contributed by atoms with Gasteiger partial charge >= 0.3 is 0 Å². The summed E-state index contributed by atoms with van der Waals surface area (Å²) in [5, 5.41) is 3.43. The summed E-state index contributed by atoms with van der Waals surface area (Å²) < 4.78 is 27.2. The Morgan fingerprint density at radius 1 is 1.02 bits per heavy atom. The molecule has 6 rings (SSSR count). The van der Waals surface area contributed by atoms with Gasteiger partial charge in [-0.15, -0.1) is 0 Å². The predicted molar refractivity (Wildman–Crippen MR) is 168 cm³/mol. The van der Waals surface area contributed by atoms with Crippen LogP contribution >= 0.6 is 11.6 Å². The van der Waals surface area contributed by atoms with Crippen molar-refractivity contribution in [2.24, 2.45) is 17.8 Å². The van der Waals surface area contributed by atoms with E-state index in [9.17, 15) is 18.0 Å². The van der Waals surface area contributed by atoms with E-state index in [1.807, 2.05) is 25.1 Å². The van der Waals surface area contributed by atoms with E-state index >= 15 is 0 Å². The van der Waals surface area contributed by atoms with Crippen molar-refractivity contribution in [1.82, 2.24) is 10.2 Å². The highest BCUT2D eigenvalue weighted by Crippen LogP contribution is 2.60. The standard InChI is InChI=1S/C33H44ClN3O4S/c1-4-5-13-35-32(39)23(2)36(21-24-7-6-8-29(34)17-24)31(38)22-37(42(3,40)41)30-11-9-28(10-12-30)33-18-25-14-26(19-33)16-27(15-25)20-33/h6-12,17,23,25-27H,4-5,13-16,18-22H2,1-3H3,(H,35,39)/t23-,25?,26?,27?,33?/m1/s1. The fraction of sp³-hybridized carbons (Fsp3) is 0.576. The van der Waals surface area contributed by atoms with Crippen molar-refractivity contribution in [3.05, 3.63) is 64.7 Å². The Bertz CT molecular complexity index is 1360. The third-order valence-corrected chi connectivity index (χ3v) is 11.1. The molecular formula is C33H44ClN3O4S. The third kappa shape index (κ3) is 6.80. The van der Waals surface area contributed by atoms with Gasteiger partial charge in [0.15, 0.2) is 0 Å². The second-order valence-electron chi connectivity index (χ2n) is 13.0. The third-order valence-electron chi connectivity index (χ3n) is 9.72. The molecule has 4 aliphatic carbocycles. The van der Waals surface area contributed by atoms with Crippen molar-refractivity contribution in [3.8, 4) is 0 Å². The van der Waals surface area contributed by atoms with Crippen molar-refractivity contribution in [1.29, 1.82) is 0 Å². The number of nitrogens with zero attached hydrogens (tertiary/aromatic N) is 2. The average Bonchev–Trinajstić information content (AvgIpc) is 2.93. The van der Waals surface area contributed by atoms with Crippen LogP contribution in [0.3, 0.4) is 0 Å². The Labute approximate surface area is 256 Å². The van der Waals surface area contributed by atoms with E-state index in [1.54, 1.807) is 25.1 Å². The van der Waals surface area contributed by atoms with Gasteiger partial charge in [-0.3, -0.25) is 13.9 Å². The summed E-state index contributed by atoms with van der Waals surface area (Å²) in [6, 6.07) is 14.2. The number of anilines is 1. The first kappa shape index (κ1) is 30.9. The molecule has 2 aromatic rings. The number of hydrogen-bond acceptors (Lipinski definition) is 4. The molecule has 2 amide bonds. The summed E-state index contributed by atoms with van der Waals surface area (Å²) in [5.41, 5.74) is 2.72. The zero-order valence-electron chi connectivity index (χ0n) is 25.0. The van der Waals surface area contributed by atoms with Crippen LogP contribution in [0.15, 0.2) is 48.5 Å². The van der Waals surface area contributed by atoms with Gasteiger partial charge in [0, 0.05) is 18.1 Å². The number of unbranched alkanes of at least 4 members (excludes halogenated alkanes) is 1. The SMILES string of the molecule is CCCCNC(=O)[C@@H](C)N(Cc1cccc(Cl)c1)C(=O)CN(c1ccc(C23CC4CC(CC(C4)C2)C3)cc1)S(C)(=O)=O. The minimum atomic E-state index is -3.78. The summed E-state index contributed by atoms with van der Waals surface area (Å²) in [6.45, 7) is 3.96. The van der Waals surface area contributed by atoms with Crippen molar-refractivity contribution < 1.29 is 18.0 Å². The van der Waals surface area contributed by atoms with Crippen molar-refractivity contribution in [2.45, 2.75) is 83.2 Å². The first-order valence-electron chi connectivity index (χ1n) is 15.4. The summed E-state index contributed by atoms with van der Waals surface area (Å²) in [6.07, 6.45) is 10.7. The van der Waals surface area contributed by atoms with Crippen LogP contribution in [-0.4, -0.2) is 50.5 Å². The van der Waals surface area contributed by atoms with Crippen LogP contribution in [0.2, 0.25) is 5.02 Å². The molecule has 0 saturated heterocycles. The molecule has 0 radical (unpaired) electrons. The van der Waals surface area contributed by atoms with Gasteiger partial charge in [-0.1, -0.05) is 49.2 Å². The quantitative estimate of drug-likeness (QED) is 0.302. The number of sulfonamides is 1. The number of halogens is 1. The minimum absolute atomic E-state index is 0.129. The van der Waals surface area contributed by atoms with E-state index in [-0.39, 0.29) is 17.9 Å². The number of carbonyl (C=O) groups excluding carboxylic acids is 2. The zero-order valence-corrected chi connectivity index (χ0v) is 26.6. The molecule has 42 heavy (non-hydrogen) atoms. The molecule has 1 N–H and O–H groups in total. The van der Waals surface area contributed by atoms with E-state index in [4.69, 9.17) is 11.6 Å². The van der Waals surface area contributed by atoms with Crippen molar-refractivity contribution >= 4 is 39.1 Å². The molecular weight excluding hydrogens is 570 g/mol. The lowest BCUT2D eigenvalue weighted by atomic mass is 9.48. The maximum absolute atomic E-state index is 13.8. The molecule has 7 nitrogen and oxygen atoms in total. The lowest BCUT2D eigenvalue weighted by Gasteiger charge is -2.57. The Morgan fingerprint density at radius 2 is 1.64 bits per heavy atom. The number of rotatable bonds is 12. The fourth-order valence-electron chi connectivity index (χ4n) is 8.01. The van der Waals surface area contributed by atoms with Crippen molar-refractivity contribution in [3.63, 3.8) is 0 Å². The van der Waals surface area contributed by atoms with Crippen LogP contribution in [-0.2, 0) is 31.6 Å². The van der Waals surface area contributed by atoms with Gasteiger partial charge in [-0.05, 0) is 110 Å². The normalized spacial score (nSPS) is 25.2. The van der Waals surface area contributed by atoms with Crippen molar-refractivity contribution in [2.75, 3.05) is 23.7 Å². The molecule has 4 fully saturated rings. The van der Waals surface area contributed by atoms with Gasteiger partial charge in [0.25, 0.3) is 0 Å². The predicted octanol–water partition coefficient (Wildman–Crippen LogP) is 5.91. The maximum atomic E-state index is 13.8. The smallest absolute Gasteiger partial charge is 0.244 e. The van der Waals surface area contributed by atoms with Crippen LogP contribution in [0, 0.1) is 17.8 Å². The van der Waals surface area contributed by atoms with Gasteiger partial charge < -0.3 is 10.2 Å². The summed E-state index contributed by atoms with van der Waals surface area (Å²) in [5.74, 6) is 1.71. The second-order valence-corrected chi connectivity index (χ2v) is 15.3. The van der Waals surface area contributed by atoms with Crippen LogP contribution in [0.1, 0.15) is 76.3 Å². The van der Waals surface area contributed by atoms with Gasteiger partial charge in [0.2, 0.25) is 21.8 Å². The minimum Gasteiger partial charge on any atom is -0.354 e. The highest BCUT2D eigenvalue weighted by atomic mass is 35.5. The number of carbonyl (C=O) groups is 2. The molecule has 0 heterocycles. The molecule has 4 saturated carbocycles. The summed E-state index contributed by atoms with van der Waals surface area (Å²) in [4.78, 5) is 28.3. The Hall–Kier alpha value is -2.58. The number of hydrogen-bond donors (Lipinski definition) is 1. The highest BCUT2D eigenvalue weighted by Gasteiger charge is 2.51. The van der Waals surface area contributed by atoms with Gasteiger partial charge in [-0.2, -0.15) is 0 Å². The monoisotopic (exact) mass is 613 g/mol. The fourth-order valence-corrected chi connectivity index (χ4v) is 9.07. The van der Waals surface area contributed by atoms with E-state index in [0.29, 0.717) is 17.3 Å². The van der Waals surface area contributed by atoms with E-state index in [2.05, 4.69) is 17.4 Å². The summed E-state index contributed by atoms with van der Waals surface area (Å²) >= 11 is 6.20. The lowest BCUT2D eigenvalue weighted by Crippen LogP contribution is -2.51. The molecule has 0 unspecified atom stereocenters. The van der Waals surface area contributed by atoms with E-state index in [0.717, 1.165) is 46.7 Å². The van der Waals surface area contributed by atoms with Crippen LogP contribution < -0.4 is 9.62 Å². The molecule has 4 bridgehead atoms. The number of nitrogens with one attached hydrogen (secondary N) is 1. The zero-order chi connectivity index (χ0) is 30.1. The van der Waals surface area contributed by atoms with E-state index in [1.165, 1.54) is 49.0 Å². The van der Waals surface area contributed by atoms with Crippen LogP contribution in [0.25, 0.3) is 0 Å². The number of amides is 2. The molecule has 1 atom stereocenters. The average molecular weight is 614 g/mol. The lowest BCUT2D eigenvalue weighted by molar-refractivity contribution is -0.139. The Morgan fingerprint density at radius 3 is 2.19 bits per heavy atom. The first-order valence-corrected chi connectivity index (χ1v) is 17.6. The summed E-state index contributed by atoms with van der Waals surface area (Å²) in [7, 11) is -3.78. The second kappa shape index (κ2) is 12.6. The first-order chi connectivity index (χ1) is 20.0. The molecule has 4 aliphatic rings. The topological polar surface area (TPSA) is 86.8 Å². The van der Waals surface area contributed by atoms with Gasteiger partial charge in [0.1, 0.15) is 12.6 Å². The highest BCUT2D eigenvalue weighted by molar-refractivity contribution is 7.92. The van der Waals surface area contributed by atoms with Gasteiger partial charge in [-0.25, -0.2) is 8.42 Å². The van der Waals surface area contributed by atoms with Crippen LogP contribution in [0.4, 0.5) is 5.69 Å². The molecule has 0 aromatic heterocycles.